The number of hydrogen-bond acceptors (Lipinski definition) is 6. The van der Waals surface area contributed by atoms with E-state index in [4.69, 9.17) is 17.3 Å². The molecule has 1 amide bonds. The Labute approximate surface area is 159 Å². The molecule has 0 atom stereocenters. The number of pyridine rings is 1. The molecule has 1 aromatic heterocycles. The summed E-state index contributed by atoms with van der Waals surface area (Å²) in [6, 6.07) is 1.77. The van der Waals surface area contributed by atoms with Gasteiger partial charge in [-0.2, -0.15) is 0 Å². The second kappa shape index (κ2) is 13.0. The highest BCUT2D eigenvalue weighted by Crippen LogP contribution is 2.23. The number of anilines is 2. The summed E-state index contributed by atoms with van der Waals surface area (Å²) in [4.78, 5) is 13.8. The molecule has 0 fully saturated rings. The molecule has 0 saturated heterocycles. The van der Waals surface area contributed by atoms with Crippen molar-refractivity contribution in [3.63, 3.8) is 0 Å². The van der Waals surface area contributed by atoms with E-state index in [1.807, 2.05) is 41.5 Å². The van der Waals surface area contributed by atoms with Crippen LogP contribution in [0.25, 0.3) is 0 Å². The van der Waals surface area contributed by atoms with Gasteiger partial charge in [-0.25, -0.2) is 5.84 Å². The van der Waals surface area contributed by atoms with Crippen LogP contribution in [0, 0.1) is 18.3 Å². The van der Waals surface area contributed by atoms with E-state index in [2.05, 4.69) is 24.1 Å². The summed E-state index contributed by atoms with van der Waals surface area (Å²) >= 11 is 0. The first-order valence-electron chi connectivity index (χ1n) is 8.89. The van der Waals surface area contributed by atoms with Gasteiger partial charge in [-0.3, -0.25) is 14.8 Å². The molecule has 1 heterocycles. The van der Waals surface area contributed by atoms with Crippen LogP contribution in [0.4, 0.5) is 11.4 Å². The topological polar surface area (TPSA) is 123 Å². The van der Waals surface area contributed by atoms with Crippen molar-refractivity contribution < 1.29 is 4.79 Å². The quantitative estimate of drug-likeness (QED) is 0.361. The van der Waals surface area contributed by atoms with Crippen LogP contribution in [0.2, 0.25) is 0 Å². The Morgan fingerprint density at radius 2 is 1.88 bits per heavy atom. The molecule has 1 rings (SSSR count). The SMILES string of the molecule is CC.CC(C)CNC=O.Cc1ncc(N)cc1N(N)/C=C(\N)C(C)(C)C. The minimum absolute atomic E-state index is 0.126. The zero-order valence-corrected chi connectivity index (χ0v) is 17.6. The fraction of sp³-hybridized carbons (Fsp3) is 0.579. The molecule has 1 aromatic rings. The largest absolute Gasteiger partial charge is 0.400 e. The first-order valence-corrected chi connectivity index (χ1v) is 8.89. The van der Waals surface area contributed by atoms with Gasteiger partial charge in [0.15, 0.2) is 0 Å². The predicted molar refractivity (Wildman–Crippen MR) is 112 cm³/mol. The third-order valence-corrected chi connectivity index (χ3v) is 3.11. The van der Waals surface area contributed by atoms with Crippen molar-refractivity contribution in [3.8, 4) is 0 Å². The van der Waals surface area contributed by atoms with E-state index in [0.717, 1.165) is 24.3 Å². The lowest BCUT2D eigenvalue weighted by atomic mass is 9.93. The zero-order chi connectivity index (χ0) is 20.9. The lowest BCUT2D eigenvalue weighted by Crippen LogP contribution is -2.30. The number of hydrogen-bond donors (Lipinski definition) is 4. The maximum absolute atomic E-state index is 9.60. The molecule has 0 unspecified atom stereocenters. The standard InChI is InChI=1S/C12H21N5.C5H11NO.C2H6/c1-8-10(5-9(13)6-16-8)17(15)7-11(14)12(2,3)4;1-5(2)3-6-4-7;1-2/h5-7H,13-15H2,1-4H3;4-5H,3H2,1-2H3,(H,6,7);1-2H3/b11-7-;;. The van der Waals surface area contributed by atoms with Crippen molar-refractivity contribution in [3.05, 3.63) is 29.9 Å². The molecule has 0 aliphatic carbocycles. The maximum Gasteiger partial charge on any atom is 0.207 e. The minimum atomic E-state index is -0.126. The summed E-state index contributed by atoms with van der Waals surface area (Å²) < 4.78 is 0. The van der Waals surface area contributed by atoms with E-state index in [-0.39, 0.29) is 5.41 Å². The summed E-state index contributed by atoms with van der Waals surface area (Å²) in [5.41, 5.74) is 14.3. The Morgan fingerprint density at radius 3 is 2.27 bits per heavy atom. The first kappa shape index (κ1) is 26.0. The molecule has 7 N–H and O–H groups in total. The number of aryl methyl sites for hydroxylation is 1. The molecular formula is C19H38N6O. The van der Waals surface area contributed by atoms with Crippen LogP contribution in [0.5, 0.6) is 0 Å². The van der Waals surface area contributed by atoms with Crippen LogP contribution in [0.3, 0.4) is 0 Å². The van der Waals surface area contributed by atoms with E-state index in [9.17, 15) is 4.79 Å². The molecular weight excluding hydrogens is 328 g/mol. The van der Waals surface area contributed by atoms with Gasteiger partial charge < -0.3 is 16.8 Å². The molecule has 26 heavy (non-hydrogen) atoms. The maximum atomic E-state index is 9.60. The van der Waals surface area contributed by atoms with Crippen molar-refractivity contribution in [2.75, 3.05) is 17.3 Å². The van der Waals surface area contributed by atoms with Gasteiger partial charge in [-0.1, -0.05) is 48.5 Å². The van der Waals surface area contributed by atoms with Crippen LogP contribution in [-0.4, -0.2) is 17.9 Å². The molecule has 0 saturated carbocycles. The fourth-order valence-electron chi connectivity index (χ4n) is 1.50. The second-order valence-electron chi connectivity index (χ2n) is 7.03. The lowest BCUT2D eigenvalue weighted by molar-refractivity contribution is -0.109. The summed E-state index contributed by atoms with van der Waals surface area (Å²) in [6.07, 6.45) is 4.02. The first-order chi connectivity index (χ1) is 12.0. The van der Waals surface area contributed by atoms with Crippen molar-refractivity contribution in [1.29, 1.82) is 0 Å². The number of amides is 1. The smallest absolute Gasteiger partial charge is 0.207 e. The van der Waals surface area contributed by atoms with E-state index < -0.39 is 0 Å². The highest BCUT2D eigenvalue weighted by Gasteiger charge is 2.15. The third kappa shape index (κ3) is 11.3. The molecule has 0 radical (unpaired) electrons. The number of hydrazine groups is 1. The number of nitrogens with two attached hydrogens (primary N) is 3. The number of allylic oxidation sites excluding steroid dienone is 1. The number of aromatic nitrogens is 1. The van der Waals surface area contributed by atoms with Gasteiger partial charge in [0.05, 0.1) is 23.3 Å². The van der Waals surface area contributed by atoms with Gasteiger partial charge in [0.2, 0.25) is 6.41 Å². The van der Waals surface area contributed by atoms with Crippen molar-refractivity contribution in [2.45, 2.75) is 55.4 Å². The summed E-state index contributed by atoms with van der Waals surface area (Å²) in [5, 5.41) is 4.02. The Hall–Kier alpha value is -2.28. The Morgan fingerprint density at radius 1 is 1.35 bits per heavy atom. The lowest BCUT2D eigenvalue weighted by Gasteiger charge is -2.23. The predicted octanol–water partition coefficient (Wildman–Crippen LogP) is 2.91. The van der Waals surface area contributed by atoms with Crippen LogP contribution in [-0.2, 0) is 4.79 Å². The Balaban J connectivity index is 0. The molecule has 7 nitrogen and oxygen atoms in total. The van der Waals surface area contributed by atoms with Crippen LogP contribution < -0.4 is 27.6 Å². The van der Waals surface area contributed by atoms with Gasteiger partial charge in [0.1, 0.15) is 0 Å². The van der Waals surface area contributed by atoms with E-state index in [1.54, 1.807) is 18.5 Å². The summed E-state index contributed by atoms with van der Waals surface area (Å²) in [6.45, 7) is 16.8. The van der Waals surface area contributed by atoms with Crippen LogP contribution in [0.1, 0.15) is 54.2 Å². The summed E-state index contributed by atoms with van der Waals surface area (Å²) in [5.74, 6) is 6.50. The normalized spacial score (nSPS) is 10.9. The molecule has 0 aliphatic rings. The van der Waals surface area contributed by atoms with Crippen molar-refractivity contribution in [2.24, 2.45) is 22.9 Å². The Bertz CT molecular complexity index is 549. The molecule has 0 spiro atoms. The third-order valence-electron chi connectivity index (χ3n) is 3.11. The van der Waals surface area contributed by atoms with Gasteiger partial charge in [-0.15, -0.1) is 0 Å². The highest BCUT2D eigenvalue weighted by atomic mass is 16.1. The zero-order valence-electron chi connectivity index (χ0n) is 17.6. The van der Waals surface area contributed by atoms with Gasteiger partial charge in [0, 0.05) is 23.9 Å². The highest BCUT2D eigenvalue weighted by molar-refractivity contribution is 5.58. The number of nitrogen functional groups attached to an aromatic ring is 1. The molecule has 0 aromatic carbocycles. The fourth-order valence-corrected chi connectivity index (χ4v) is 1.50. The molecule has 0 bridgehead atoms. The van der Waals surface area contributed by atoms with Crippen molar-refractivity contribution in [1.82, 2.24) is 10.3 Å². The number of nitrogens with zero attached hydrogens (tertiary/aromatic N) is 2. The average Bonchev–Trinajstić information content (AvgIpc) is 2.56. The van der Waals surface area contributed by atoms with E-state index in [1.165, 1.54) is 5.01 Å². The summed E-state index contributed by atoms with van der Waals surface area (Å²) in [7, 11) is 0. The average molecular weight is 367 g/mol. The minimum Gasteiger partial charge on any atom is -0.400 e. The van der Waals surface area contributed by atoms with E-state index in [0.29, 0.717) is 17.3 Å². The van der Waals surface area contributed by atoms with Gasteiger partial charge in [0.25, 0.3) is 0 Å². The molecule has 0 aliphatic heterocycles. The Kier molecular flexibility index (Phi) is 13.0. The second-order valence-corrected chi connectivity index (χ2v) is 7.03. The number of carbonyl (C=O) groups excluding carboxylic acids is 1. The number of nitrogens with one attached hydrogen (secondary N) is 1. The van der Waals surface area contributed by atoms with Gasteiger partial charge >= 0.3 is 0 Å². The van der Waals surface area contributed by atoms with Crippen molar-refractivity contribution >= 4 is 17.8 Å². The van der Waals surface area contributed by atoms with Crippen LogP contribution >= 0.6 is 0 Å². The monoisotopic (exact) mass is 366 g/mol. The molecule has 7 heteroatoms. The molecule has 150 valence electrons. The number of rotatable bonds is 5. The van der Waals surface area contributed by atoms with E-state index >= 15 is 0 Å². The number of carbonyl (C=O) groups is 1. The van der Waals surface area contributed by atoms with Crippen LogP contribution in [0.15, 0.2) is 24.2 Å². The van der Waals surface area contributed by atoms with Gasteiger partial charge in [-0.05, 0) is 18.9 Å².